The Morgan fingerprint density at radius 3 is 2.74 bits per heavy atom. The topological polar surface area (TPSA) is 228 Å². The van der Waals surface area contributed by atoms with Crippen LogP contribution in [0.2, 0.25) is 0 Å². The Kier molecular flexibility index (Phi) is 9.02. The van der Waals surface area contributed by atoms with Gasteiger partial charge in [0.15, 0.2) is 16.6 Å². The van der Waals surface area contributed by atoms with Gasteiger partial charge in [0.05, 0.1) is 6.42 Å². The van der Waals surface area contributed by atoms with E-state index in [1.807, 2.05) is 0 Å². The number of tetrazole rings is 1. The van der Waals surface area contributed by atoms with Gasteiger partial charge >= 0.3 is 11.9 Å². The Bertz CT molecular complexity index is 1650. The van der Waals surface area contributed by atoms with Crippen molar-refractivity contribution >= 4 is 75.7 Å². The summed E-state index contributed by atoms with van der Waals surface area (Å²) in [7, 11) is 0. The average Bonchev–Trinajstić information content (AvgIpc) is 3.63. The number of aliphatic carboxylic acids is 2. The molecule has 0 aliphatic carbocycles. The van der Waals surface area contributed by atoms with Crippen LogP contribution in [0.1, 0.15) is 12.1 Å². The lowest BCUT2D eigenvalue weighted by Crippen LogP contribution is -2.71. The molecule has 16 nitrogen and oxygen atoms in total. The van der Waals surface area contributed by atoms with Crippen LogP contribution in [0.3, 0.4) is 0 Å². The molecular weight excluding hydrogens is 623 g/mol. The smallest absolute Gasteiger partial charge is 0.352 e. The highest BCUT2D eigenvalue weighted by molar-refractivity contribution is 8.01. The number of nitrogens with zero attached hydrogens (tertiary/aromatic N) is 7. The molecule has 2 amide bonds. The number of anilines is 1. The molecule has 43 heavy (non-hydrogen) atoms. The molecule has 5 N–H and O–H groups in total. The SMILES string of the molecule is Nc1nc(C(=NOc2ccccc2)C(=O)NC2C(=O)N3C(C(=O)O)=C(CSc4nnnn4C=CCC(=O)O)CS[C@@H]23)cs1. The number of carbonyl (C=O) groups is 4. The number of β-lactam (4-membered cyclic amide) rings is 1. The Hall–Kier alpha value is -4.75. The zero-order chi connectivity index (χ0) is 30.5. The summed E-state index contributed by atoms with van der Waals surface area (Å²) in [5.41, 5.74) is 5.97. The van der Waals surface area contributed by atoms with Crippen LogP contribution in [-0.2, 0) is 19.2 Å². The second-order valence-electron chi connectivity index (χ2n) is 8.71. The number of fused-ring (bicyclic) bond motifs is 1. The number of thiazole rings is 1. The van der Waals surface area contributed by atoms with Gasteiger partial charge in [-0.2, -0.15) is 4.68 Å². The molecule has 0 bridgehead atoms. The fraction of sp³-hybridized carbons (Fsp3) is 0.208. The molecular formula is C24H21N9O7S3. The molecule has 0 spiro atoms. The van der Waals surface area contributed by atoms with Gasteiger partial charge in [0.1, 0.15) is 22.8 Å². The summed E-state index contributed by atoms with van der Waals surface area (Å²) in [6, 6.07) is 7.52. The van der Waals surface area contributed by atoms with Crippen LogP contribution < -0.4 is 15.9 Å². The van der Waals surface area contributed by atoms with Gasteiger partial charge in [-0.1, -0.05) is 41.2 Å². The highest BCUT2D eigenvalue weighted by Crippen LogP contribution is 2.41. The number of nitrogens with two attached hydrogens (primary N) is 1. The lowest BCUT2D eigenvalue weighted by molar-refractivity contribution is -0.150. The molecule has 0 radical (unpaired) electrons. The van der Waals surface area contributed by atoms with Gasteiger partial charge in [-0.25, -0.2) is 9.78 Å². The van der Waals surface area contributed by atoms with Crippen molar-refractivity contribution in [2.75, 3.05) is 17.2 Å². The van der Waals surface area contributed by atoms with Gasteiger partial charge in [-0.3, -0.25) is 19.3 Å². The first-order valence-corrected chi connectivity index (χ1v) is 15.2. The maximum atomic E-state index is 13.3. The zero-order valence-electron chi connectivity index (χ0n) is 21.8. The summed E-state index contributed by atoms with van der Waals surface area (Å²) in [5.74, 6) is -2.89. The predicted molar refractivity (Wildman–Crippen MR) is 156 cm³/mol. The third-order valence-corrected chi connectivity index (χ3v) is 8.91. The molecule has 2 aromatic heterocycles. The highest BCUT2D eigenvalue weighted by Gasteiger charge is 2.54. The van der Waals surface area contributed by atoms with E-state index in [-0.39, 0.29) is 40.2 Å². The summed E-state index contributed by atoms with van der Waals surface area (Å²) < 4.78 is 1.27. The van der Waals surface area contributed by atoms with Crippen molar-refractivity contribution in [3.8, 4) is 5.75 Å². The summed E-state index contributed by atoms with van der Waals surface area (Å²) >= 11 is 3.52. The second kappa shape index (κ2) is 13.0. The molecule has 1 fully saturated rings. The van der Waals surface area contributed by atoms with E-state index in [9.17, 15) is 24.3 Å². The van der Waals surface area contributed by atoms with Crippen LogP contribution >= 0.6 is 34.9 Å². The molecule has 2 atom stereocenters. The van der Waals surface area contributed by atoms with Crippen molar-refractivity contribution in [1.29, 1.82) is 0 Å². The zero-order valence-corrected chi connectivity index (χ0v) is 24.2. The average molecular weight is 644 g/mol. The van der Waals surface area contributed by atoms with Crippen molar-refractivity contribution < 1.29 is 34.2 Å². The van der Waals surface area contributed by atoms with Crippen molar-refractivity contribution in [2.24, 2.45) is 5.16 Å². The maximum absolute atomic E-state index is 13.3. The van der Waals surface area contributed by atoms with E-state index < -0.39 is 35.2 Å². The number of nitrogen functional groups attached to an aromatic ring is 1. The van der Waals surface area contributed by atoms with Crippen LogP contribution in [0.15, 0.2) is 63.4 Å². The molecule has 19 heteroatoms. The molecule has 1 unspecified atom stereocenters. The number of rotatable bonds is 12. The third kappa shape index (κ3) is 6.68. The molecule has 2 aliphatic heterocycles. The van der Waals surface area contributed by atoms with E-state index >= 15 is 0 Å². The maximum Gasteiger partial charge on any atom is 0.352 e. The summed E-state index contributed by atoms with van der Waals surface area (Å²) in [6.45, 7) is 0. The Morgan fingerprint density at radius 1 is 1.26 bits per heavy atom. The van der Waals surface area contributed by atoms with Crippen molar-refractivity contribution in [3.05, 3.63) is 58.8 Å². The van der Waals surface area contributed by atoms with Crippen molar-refractivity contribution in [3.63, 3.8) is 0 Å². The van der Waals surface area contributed by atoms with Gasteiger partial charge < -0.3 is 26.1 Å². The first-order valence-electron chi connectivity index (χ1n) is 12.2. The highest BCUT2D eigenvalue weighted by atomic mass is 32.2. The minimum Gasteiger partial charge on any atom is -0.481 e. The van der Waals surface area contributed by atoms with Gasteiger partial charge in [0, 0.05) is 23.1 Å². The number of para-hydroxylation sites is 1. The lowest BCUT2D eigenvalue weighted by Gasteiger charge is -2.49. The van der Waals surface area contributed by atoms with Crippen molar-refractivity contribution in [2.45, 2.75) is 23.0 Å². The molecule has 4 heterocycles. The summed E-state index contributed by atoms with van der Waals surface area (Å²) in [4.78, 5) is 60.1. The van der Waals surface area contributed by atoms with E-state index in [4.69, 9.17) is 15.7 Å². The molecule has 222 valence electrons. The molecule has 3 aromatic rings. The van der Waals surface area contributed by atoms with Gasteiger partial charge in [-0.15, -0.1) is 28.2 Å². The van der Waals surface area contributed by atoms with Gasteiger partial charge in [-0.05, 0) is 28.1 Å². The first-order chi connectivity index (χ1) is 20.7. The van der Waals surface area contributed by atoms with Gasteiger partial charge in [0.25, 0.3) is 11.8 Å². The number of amides is 2. The van der Waals surface area contributed by atoms with E-state index in [2.05, 4.69) is 31.0 Å². The number of carboxylic acids is 2. The minimum atomic E-state index is -1.29. The number of thioether (sulfide) groups is 2. The standard InChI is InChI=1S/C24H21N9O7S3/c25-23-26-14(11-42-23)16(29-40-13-5-2-1-3-6-13)19(36)27-17-20(37)33-18(22(38)39)12(9-41-21(17)33)10-43-24-28-30-31-32(24)8-4-7-15(34)35/h1-6,8,11,17,21H,7,9-10H2,(H2,25,26)(H,27,36)(H,34,35)(H,38,39)/t17?,21-/m0/s1. The van der Waals surface area contributed by atoms with Gasteiger partial charge in [0.2, 0.25) is 5.16 Å². The minimum absolute atomic E-state index is 0.147. The second-order valence-corrected chi connectivity index (χ2v) is 11.6. The number of carbonyl (C=O) groups excluding carboxylic acids is 2. The van der Waals surface area contributed by atoms with E-state index in [1.54, 1.807) is 30.3 Å². The Balaban J connectivity index is 1.29. The largest absolute Gasteiger partial charge is 0.481 e. The number of hydrogen-bond donors (Lipinski definition) is 4. The van der Waals surface area contributed by atoms with Crippen LogP contribution in [0, 0.1) is 0 Å². The van der Waals surface area contributed by atoms with Crippen LogP contribution in [0.25, 0.3) is 6.20 Å². The normalized spacial score (nSPS) is 18.4. The van der Waals surface area contributed by atoms with Crippen LogP contribution in [0.4, 0.5) is 5.13 Å². The predicted octanol–water partition coefficient (Wildman–Crippen LogP) is 0.971. The monoisotopic (exact) mass is 643 g/mol. The fourth-order valence-corrected chi connectivity index (χ4v) is 6.85. The number of hydrogen-bond acceptors (Lipinski definition) is 14. The van der Waals surface area contributed by atoms with Crippen molar-refractivity contribution in [1.82, 2.24) is 35.4 Å². The summed E-state index contributed by atoms with van der Waals surface area (Å²) in [6.07, 6.45) is 2.53. The Morgan fingerprint density at radius 2 is 2.05 bits per heavy atom. The number of nitrogens with one attached hydrogen (secondary N) is 1. The third-order valence-electron chi connectivity index (χ3n) is 5.88. The van der Waals surface area contributed by atoms with E-state index in [0.29, 0.717) is 16.5 Å². The van der Waals surface area contributed by atoms with Crippen LogP contribution in [-0.4, -0.2) is 92.7 Å². The molecule has 0 saturated carbocycles. The molecule has 1 saturated heterocycles. The van der Waals surface area contributed by atoms with E-state index in [1.165, 1.54) is 34.1 Å². The number of aromatic nitrogens is 5. The number of carboxylic acid groups (broad SMARTS) is 2. The number of benzene rings is 1. The lowest BCUT2D eigenvalue weighted by atomic mass is 10.0. The fourth-order valence-electron chi connectivity index (χ4n) is 3.96. The quantitative estimate of drug-likeness (QED) is 0.0933. The molecule has 1 aromatic carbocycles. The molecule has 2 aliphatic rings. The first kappa shape index (κ1) is 29.7. The summed E-state index contributed by atoms with van der Waals surface area (Å²) in [5, 5.41) is 38.0. The molecule has 5 rings (SSSR count). The Labute approximate surface area is 254 Å². The number of oxime groups is 1. The van der Waals surface area contributed by atoms with E-state index in [0.717, 1.165) is 28.0 Å². The van der Waals surface area contributed by atoms with Crippen LogP contribution in [0.5, 0.6) is 5.75 Å².